The fourth-order valence-corrected chi connectivity index (χ4v) is 3.10. The van der Waals surface area contributed by atoms with Crippen molar-refractivity contribution >= 4 is 79.7 Å². The molecule has 0 unspecified atom stereocenters. The first kappa shape index (κ1) is 21.3. The van der Waals surface area contributed by atoms with Crippen molar-refractivity contribution in [3.8, 4) is 0 Å². The van der Waals surface area contributed by atoms with Crippen LogP contribution in [0.4, 0.5) is 5.69 Å². The number of nitrogens with one attached hydrogen (secondary N) is 3. The van der Waals surface area contributed by atoms with E-state index in [-0.39, 0.29) is 5.11 Å². The number of aryl methyl sites for hydroxylation is 1. The molecule has 1 atom stereocenters. The molecule has 0 aliphatic rings. The molecular weight excluding hydrogens is 481 g/mol. The topological polar surface area (TPSA) is 53.2 Å². The summed E-state index contributed by atoms with van der Waals surface area (Å²) in [6.07, 6.45) is -1.04. The molecule has 3 N–H and O–H groups in total. The van der Waals surface area contributed by atoms with Gasteiger partial charge in [-0.15, -0.1) is 0 Å². The van der Waals surface area contributed by atoms with Crippen molar-refractivity contribution in [1.82, 2.24) is 10.6 Å². The van der Waals surface area contributed by atoms with E-state index in [9.17, 15) is 4.79 Å². The van der Waals surface area contributed by atoms with Crippen molar-refractivity contribution in [3.05, 3.63) is 64.1 Å². The van der Waals surface area contributed by atoms with E-state index >= 15 is 0 Å². The molecule has 0 radical (unpaired) electrons. The van der Waals surface area contributed by atoms with Crippen LogP contribution in [0.3, 0.4) is 0 Å². The van der Waals surface area contributed by atoms with Crippen LogP contribution in [-0.4, -0.2) is 21.0 Å². The molecule has 26 heavy (non-hydrogen) atoms. The van der Waals surface area contributed by atoms with Gasteiger partial charge in [-0.3, -0.25) is 4.79 Å². The smallest absolute Gasteiger partial charge is 0.254 e. The standard InChI is InChI=1S/C17H15BrCl3N3OS/c1-10-5-4-6-11(9-10)22-16(26)24-15(17(19,20)21)23-14(25)12-7-2-3-8-13(12)18/h2-9,15H,1H3,(H,23,25)(H2,22,24,26)/t15-/m1/s1. The van der Waals surface area contributed by atoms with E-state index in [0.29, 0.717) is 10.0 Å². The third kappa shape index (κ3) is 6.28. The average Bonchev–Trinajstić information content (AvgIpc) is 2.53. The average molecular weight is 496 g/mol. The van der Waals surface area contributed by atoms with Crippen LogP contribution in [0.1, 0.15) is 15.9 Å². The highest BCUT2D eigenvalue weighted by molar-refractivity contribution is 9.10. The minimum Gasteiger partial charge on any atom is -0.339 e. The molecule has 2 aromatic carbocycles. The number of thiocarbonyl (C=S) groups is 1. The lowest BCUT2D eigenvalue weighted by Crippen LogP contribution is -2.56. The maximum absolute atomic E-state index is 12.5. The molecule has 0 fully saturated rings. The number of carbonyl (C=O) groups excluding carboxylic acids is 1. The second kappa shape index (κ2) is 9.24. The summed E-state index contributed by atoms with van der Waals surface area (Å²) in [6.45, 7) is 1.96. The lowest BCUT2D eigenvalue weighted by Gasteiger charge is -2.28. The van der Waals surface area contributed by atoms with Gasteiger partial charge < -0.3 is 16.0 Å². The Labute approximate surface area is 180 Å². The molecule has 0 saturated heterocycles. The molecule has 2 aromatic rings. The Bertz CT molecular complexity index is 814. The summed E-state index contributed by atoms with van der Waals surface area (Å²) < 4.78 is -1.20. The minimum atomic E-state index is -1.82. The van der Waals surface area contributed by atoms with Crippen molar-refractivity contribution < 1.29 is 4.79 Å². The lowest BCUT2D eigenvalue weighted by atomic mass is 10.2. The molecule has 0 spiro atoms. The largest absolute Gasteiger partial charge is 0.339 e. The maximum Gasteiger partial charge on any atom is 0.254 e. The van der Waals surface area contributed by atoms with E-state index in [1.54, 1.807) is 24.3 Å². The van der Waals surface area contributed by atoms with Gasteiger partial charge in [0.15, 0.2) is 5.11 Å². The van der Waals surface area contributed by atoms with Crippen molar-refractivity contribution in [3.63, 3.8) is 0 Å². The predicted molar refractivity (Wildman–Crippen MR) is 116 cm³/mol. The Morgan fingerprint density at radius 3 is 2.42 bits per heavy atom. The normalized spacial score (nSPS) is 12.2. The third-order valence-corrected chi connectivity index (χ3v) is 4.84. The second-order valence-corrected chi connectivity index (χ2v) is 9.03. The molecule has 0 aliphatic carbocycles. The first-order chi connectivity index (χ1) is 12.2. The SMILES string of the molecule is Cc1cccc(NC(=S)N[C@@H](NC(=O)c2ccccc2Br)C(Cl)(Cl)Cl)c1. The zero-order valence-corrected chi connectivity index (χ0v) is 18.2. The first-order valence-electron chi connectivity index (χ1n) is 7.43. The number of hydrogen-bond acceptors (Lipinski definition) is 2. The van der Waals surface area contributed by atoms with Gasteiger partial charge in [-0.05, 0) is 64.9 Å². The fraction of sp³-hybridized carbons (Fsp3) is 0.176. The minimum absolute atomic E-state index is 0.208. The summed E-state index contributed by atoms with van der Waals surface area (Å²) in [4.78, 5) is 12.5. The monoisotopic (exact) mass is 493 g/mol. The number of amides is 1. The quantitative estimate of drug-likeness (QED) is 0.311. The summed E-state index contributed by atoms with van der Waals surface area (Å²) in [6, 6.07) is 14.6. The predicted octanol–water partition coefficient (Wildman–Crippen LogP) is 5.17. The third-order valence-electron chi connectivity index (χ3n) is 3.27. The Kier molecular flexibility index (Phi) is 7.55. The van der Waals surface area contributed by atoms with Crippen molar-refractivity contribution in [2.24, 2.45) is 0 Å². The van der Waals surface area contributed by atoms with Crippen LogP contribution < -0.4 is 16.0 Å². The van der Waals surface area contributed by atoms with Crippen molar-refractivity contribution in [1.29, 1.82) is 0 Å². The number of benzene rings is 2. The number of hydrogen-bond donors (Lipinski definition) is 3. The number of halogens is 4. The molecule has 9 heteroatoms. The Hall–Kier alpha value is -1.05. The van der Waals surface area contributed by atoms with E-state index in [0.717, 1.165) is 11.3 Å². The van der Waals surface area contributed by atoms with Gasteiger partial charge in [0.2, 0.25) is 3.79 Å². The van der Waals surface area contributed by atoms with Crippen molar-refractivity contribution in [2.45, 2.75) is 16.9 Å². The molecule has 0 aromatic heterocycles. The Balaban J connectivity index is 2.09. The van der Waals surface area contributed by atoms with Crippen LogP contribution in [0.15, 0.2) is 53.0 Å². The summed E-state index contributed by atoms with van der Waals surface area (Å²) in [5.74, 6) is -0.417. The first-order valence-corrected chi connectivity index (χ1v) is 9.76. The van der Waals surface area contributed by atoms with Crippen LogP contribution in [0.2, 0.25) is 0 Å². The van der Waals surface area contributed by atoms with Gasteiger partial charge in [-0.25, -0.2) is 0 Å². The van der Waals surface area contributed by atoms with E-state index in [1.165, 1.54) is 0 Å². The van der Waals surface area contributed by atoms with E-state index in [2.05, 4.69) is 31.9 Å². The molecule has 138 valence electrons. The molecule has 4 nitrogen and oxygen atoms in total. The van der Waals surface area contributed by atoms with Crippen LogP contribution in [-0.2, 0) is 0 Å². The van der Waals surface area contributed by atoms with Crippen LogP contribution in [0.25, 0.3) is 0 Å². The highest BCUT2D eigenvalue weighted by Gasteiger charge is 2.35. The van der Waals surface area contributed by atoms with Gasteiger partial charge in [0, 0.05) is 10.2 Å². The molecule has 2 rings (SSSR count). The summed E-state index contributed by atoms with van der Waals surface area (Å²) in [5, 5.41) is 8.66. The van der Waals surface area contributed by atoms with E-state index in [1.807, 2.05) is 31.2 Å². The summed E-state index contributed by atoms with van der Waals surface area (Å²) >= 11 is 26.6. The number of alkyl halides is 3. The molecule has 0 bridgehead atoms. The van der Waals surface area contributed by atoms with Crippen LogP contribution >= 0.6 is 63.0 Å². The zero-order valence-electron chi connectivity index (χ0n) is 13.5. The van der Waals surface area contributed by atoms with E-state index < -0.39 is 15.9 Å². The second-order valence-electron chi connectivity index (χ2n) is 5.40. The van der Waals surface area contributed by atoms with Gasteiger partial charge >= 0.3 is 0 Å². The molecule has 1 amide bonds. The van der Waals surface area contributed by atoms with Gasteiger partial charge in [-0.1, -0.05) is 59.1 Å². The summed E-state index contributed by atoms with van der Waals surface area (Å²) in [5.41, 5.74) is 2.26. The summed E-state index contributed by atoms with van der Waals surface area (Å²) in [7, 11) is 0. The van der Waals surface area contributed by atoms with Gasteiger partial charge in [-0.2, -0.15) is 0 Å². The molecular formula is C17H15BrCl3N3OS. The molecule has 0 heterocycles. The van der Waals surface area contributed by atoms with Crippen LogP contribution in [0, 0.1) is 6.92 Å². The highest BCUT2D eigenvalue weighted by atomic mass is 79.9. The number of carbonyl (C=O) groups is 1. The lowest BCUT2D eigenvalue weighted by molar-refractivity contribution is 0.0934. The van der Waals surface area contributed by atoms with Gasteiger partial charge in [0.1, 0.15) is 6.17 Å². The molecule has 0 aliphatic heterocycles. The highest BCUT2D eigenvalue weighted by Crippen LogP contribution is 2.29. The Morgan fingerprint density at radius 1 is 1.12 bits per heavy atom. The molecule has 0 saturated carbocycles. The number of rotatable bonds is 4. The Morgan fingerprint density at radius 2 is 1.81 bits per heavy atom. The van der Waals surface area contributed by atoms with Crippen LogP contribution in [0.5, 0.6) is 0 Å². The van der Waals surface area contributed by atoms with Gasteiger partial charge in [0.05, 0.1) is 5.56 Å². The van der Waals surface area contributed by atoms with E-state index in [4.69, 9.17) is 47.0 Å². The fourth-order valence-electron chi connectivity index (χ4n) is 2.08. The maximum atomic E-state index is 12.5. The van der Waals surface area contributed by atoms with Gasteiger partial charge in [0.25, 0.3) is 5.91 Å². The number of anilines is 1. The van der Waals surface area contributed by atoms with Crippen molar-refractivity contribution in [2.75, 3.05) is 5.32 Å². The zero-order chi connectivity index (χ0) is 19.3.